The molecule has 1 N–H and O–H groups in total. The molecule has 0 amide bonds. The third-order valence-electron chi connectivity index (χ3n) is 3.87. The average molecular weight is 416 g/mol. The van der Waals surface area contributed by atoms with E-state index in [-0.39, 0.29) is 28.7 Å². The van der Waals surface area contributed by atoms with E-state index in [4.69, 9.17) is 4.74 Å². The molecule has 0 fully saturated rings. The van der Waals surface area contributed by atoms with Gasteiger partial charge in [0.1, 0.15) is 11.6 Å². The van der Waals surface area contributed by atoms with Crippen molar-refractivity contribution in [3.05, 3.63) is 83.8 Å². The van der Waals surface area contributed by atoms with E-state index in [0.29, 0.717) is 11.3 Å². The molecule has 0 unspecified atom stereocenters. The number of carbonyl (C=O) groups is 1. The molecule has 2 aromatic carbocycles. The molecule has 3 rings (SSSR count). The predicted octanol–water partition coefficient (Wildman–Crippen LogP) is 3.28. The highest BCUT2D eigenvalue weighted by Crippen LogP contribution is 2.20. The zero-order valence-electron chi connectivity index (χ0n) is 15.3. The molecule has 0 aliphatic carbocycles. The summed E-state index contributed by atoms with van der Waals surface area (Å²) in [5, 5.41) is 0. The Bertz CT molecular complexity index is 1120. The maximum Gasteiger partial charge on any atom is 0.337 e. The SMILES string of the molecule is COC(=O)c1cccc(S(=O)(=O)NCc2ccnc(Oc3ccc(F)cc3)c2)c1. The van der Waals surface area contributed by atoms with Gasteiger partial charge in [0.25, 0.3) is 0 Å². The Kier molecular flexibility index (Phi) is 6.20. The van der Waals surface area contributed by atoms with Crippen molar-refractivity contribution in [1.29, 1.82) is 0 Å². The molecule has 150 valence electrons. The Labute approximate surface area is 167 Å². The molecule has 0 saturated heterocycles. The van der Waals surface area contributed by atoms with Crippen LogP contribution in [0.5, 0.6) is 11.6 Å². The largest absolute Gasteiger partial charge is 0.465 e. The summed E-state index contributed by atoms with van der Waals surface area (Å²) in [7, 11) is -2.64. The average Bonchev–Trinajstić information content (AvgIpc) is 2.74. The van der Waals surface area contributed by atoms with E-state index < -0.39 is 16.0 Å². The summed E-state index contributed by atoms with van der Waals surface area (Å²) in [6.07, 6.45) is 1.47. The number of methoxy groups -OCH3 is 1. The minimum atomic E-state index is -3.86. The molecule has 9 heteroatoms. The summed E-state index contributed by atoms with van der Waals surface area (Å²) >= 11 is 0. The first kappa shape index (κ1) is 20.4. The van der Waals surface area contributed by atoms with E-state index in [1.165, 1.54) is 61.8 Å². The van der Waals surface area contributed by atoms with Gasteiger partial charge in [0.05, 0.1) is 17.6 Å². The molecule has 29 heavy (non-hydrogen) atoms. The number of nitrogens with one attached hydrogen (secondary N) is 1. The number of hydrogen-bond acceptors (Lipinski definition) is 6. The fourth-order valence-corrected chi connectivity index (χ4v) is 3.47. The second-order valence-electron chi connectivity index (χ2n) is 5.90. The molecule has 3 aromatic rings. The van der Waals surface area contributed by atoms with Gasteiger partial charge in [0, 0.05) is 18.8 Å². The maximum atomic E-state index is 13.0. The van der Waals surface area contributed by atoms with Gasteiger partial charge >= 0.3 is 5.97 Å². The van der Waals surface area contributed by atoms with Crippen LogP contribution in [-0.4, -0.2) is 26.5 Å². The van der Waals surface area contributed by atoms with Gasteiger partial charge in [-0.3, -0.25) is 0 Å². The lowest BCUT2D eigenvalue weighted by molar-refractivity contribution is 0.0600. The van der Waals surface area contributed by atoms with Crippen molar-refractivity contribution in [3.63, 3.8) is 0 Å². The van der Waals surface area contributed by atoms with Crippen LogP contribution in [-0.2, 0) is 21.3 Å². The normalized spacial score (nSPS) is 11.1. The Morgan fingerprint density at radius 1 is 1.10 bits per heavy atom. The van der Waals surface area contributed by atoms with E-state index in [0.717, 1.165) is 0 Å². The number of benzene rings is 2. The van der Waals surface area contributed by atoms with Gasteiger partial charge in [-0.15, -0.1) is 0 Å². The molecule has 7 nitrogen and oxygen atoms in total. The number of nitrogens with zero attached hydrogens (tertiary/aromatic N) is 1. The van der Waals surface area contributed by atoms with Crippen LogP contribution in [0.1, 0.15) is 15.9 Å². The second-order valence-corrected chi connectivity index (χ2v) is 7.67. The molecule has 0 aliphatic heterocycles. The lowest BCUT2D eigenvalue weighted by Crippen LogP contribution is -2.23. The topological polar surface area (TPSA) is 94.6 Å². The Morgan fingerprint density at radius 3 is 2.59 bits per heavy atom. The number of carbonyl (C=O) groups excluding carboxylic acids is 1. The zero-order valence-corrected chi connectivity index (χ0v) is 16.1. The molecule has 1 heterocycles. The molecule has 0 aliphatic rings. The van der Waals surface area contributed by atoms with Crippen LogP contribution in [0.15, 0.2) is 71.8 Å². The van der Waals surface area contributed by atoms with Gasteiger partial charge in [-0.25, -0.2) is 27.3 Å². The highest BCUT2D eigenvalue weighted by atomic mass is 32.2. The quantitative estimate of drug-likeness (QED) is 0.594. The fourth-order valence-electron chi connectivity index (χ4n) is 2.41. The number of aromatic nitrogens is 1. The van der Waals surface area contributed by atoms with Crippen LogP contribution >= 0.6 is 0 Å². The number of pyridine rings is 1. The highest BCUT2D eigenvalue weighted by molar-refractivity contribution is 7.89. The van der Waals surface area contributed by atoms with Crippen molar-refractivity contribution in [1.82, 2.24) is 9.71 Å². The van der Waals surface area contributed by atoms with Gasteiger partial charge < -0.3 is 9.47 Å². The zero-order chi connectivity index (χ0) is 20.9. The van der Waals surface area contributed by atoms with Crippen molar-refractivity contribution >= 4 is 16.0 Å². The summed E-state index contributed by atoms with van der Waals surface area (Å²) in [5.74, 6) is -0.374. The Balaban J connectivity index is 1.70. The molecule has 0 bridgehead atoms. The molecule has 1 aromatic heterocycles. The van der Waals surface area contributed by atoms with Gasteiger partial charge in [0.15, 0.2) is 0 Å². The van der Waals surface area contributed by atoms with E-state index in [1.807, 2.05) is 0 Å². The van der Waals surface area contributed by atoms with Crippen molar-refractivity contribution in [2.75, 3.05) is 7.11 Å². The number of esters is 1. The van der Waals surface area contributed by atoms with Gasteiger partial charge in [-0.2, -0.15) is 0 Å². The number of sulfonamides is 1. The van der Waals surface area contributed by atoms with Crippen molar-refractivity contribution in [3.8, 4) is 11.6 Å². The van der Waals surface area contributed by atoms with Crippen LogP contribution in [0.4, 0.5) is 4.39 Å². The minimum absolute atomic E-state index is 0.0208. The first-order valence-electron chi connectivity index (χ1n) is 8.44. The van der Waals surface area contributed by atoms with Crippen molar-refractivity contribution in [2.45, 2.75) is 11.4 Å². The lowest BCUT2D eigenvalue weighted by atomic mass is 10.2. The van der Waals surface area contributed by atoms with Gasteiger partial charge in [0.2, 0.25) is 15.9 Å². The van der Waals surface area contributed by atoms with E-state index in [1.54, 1.807) is 12.1 Å². The Morgan fingerprint density at radius 2 is 1.86 bits per heavy atom. The van der Waals surface area contributed by atoms with Crippen LogP contribution in [0.2, 0.25) is 0 Å². The summed E-state index contributed by atoms with van der Waals surface area (Å²) in [6, 6.07) is 14.2. The summed E-state index contributed by atoms with van der Waals surface area (Å²) < 4.78 is 50.6. The minimum Gasteiger partial charge on any atom is -0.465 e. The number of rotatable bonds is 7. The third kappa shape index (κ3) is 5.37. The monoisotopic (exact) mass is 416 g/mol. The van der Waals surface area contributed by atoms with Crippen LogP contribution in [0.3, 0.4) is 0 Å². The third-order valence-corrected chi connectivity index (χ3v) is 5.27. The van der Waals surface area contributed by atoms with E-state index in [9.17, 15) is 17.6 Å². The smallest absolute Gasteiger partial charge is 0.337 e. The van der Waals surface area contributed by atoms with Crippen molar-refractivity contribution < 1.29 is 27.1 Å². The fraction of sp³-hybridized carbons (Fsp3) is 0.100. The Hall–Kier alpha value is -3.30. The van der Waals surface area contributed by atoms with Crippen LogP contribution in [0.25, 0.3) is 0 Å². The first-order chi connectivity index (χ1) is 13.9. The molecular weight excluding hydrogens is 399 g/mol. The van der Waals surface area contributed by atoms with Gasteiger partial charge in [-0.1, -0.05) is 6.07 Å². The standard InChI is InChI=1S/C20H17FN2O5S/c1-27-20(24)15-3-2-4-18(12-15)29(25,26)23-13-14-9-10-22-19(11-14)28-17-7-5-16(21)6-8-17/h2-12,23H,13H2,1H3. The second kappa shape index (κ2) is 8.80. The molecule has 0 radical (unpaired) electrons. The first-order valence-corrected chi connectivity index (χ1v) is 9.92. The highest BCUT2D eigenvalue weighted by Gasteiger charge is 2.16. The number of halogens is 1. The van der Waals surface area contributed by atoms with E-state index >= 15 is 0 Å². The van der Waals surface area contributed by atoms with Crippen LogP contribution < -0.4 is 9.46 Å². The van der Waals surface area contributed by atoms with Gasteiger partial charge in [-0.05, 0) is 54.1 Å². The number of hydrogen-bond donors (Lipinski definition) is 1. The van der Waals surface area contributed by atoms with E-state index in [2.05, 4.69) is 14.4 Å². The molecule has 0 saturated carbocycles. The summed E-state index contributed by atoms with van der Waals surface area (Å²) in [6.45, 7) is -0.0208. The number of ether oxygens (including phenoxy) is 2. The summed E-state index contributed by atoms with van der Waals surface area (Å²) in [4.78, 5) is 15.6. The van der Waals surface area contributed by atoms with Crippen LogP contribution in [0, 0.1) is 5.82 Å². The summed E-state index contributed by atoms with van der Waals surface area (Å²) in [5.41, 5.74) is 0.735. The lowest BCUT2D eigenvalue weighted by Gasteiger charge is -2.09. The predicted molar refractivity (Wildman–Crippen MR) is 103 cm³/mol. The van der Waals surface area contributed by atoms with Crippen molar-refractivity contribution in [2.24, 2.45) is 0 Å². The maximum absolute atomic E-state index is 13.0. The molecular formula is C20H17FN2O5S. The molecule has 0 spiro atoms. The molecule has 0 atom stereocenters.